The topological polar surface area (TPSA) is 39.1 Å². The Balaban J connectivity index is 2.71. The summed E-state index contributed by atoms with van der Waals surface area (Å²) in [5, 5.41) is 12.8. The molecular weight excluding hydrogens is 258 g/mol. The largest absolute Gasteiger partial charge is 0.371 e. The van der Waals surface area contributed by atoms with Crippen molar-refractivity contribution in [3.63, 3.8) is 0 Å². The van der Waals surface area contributed by atoms with Gasteiger partial charge in [-0.3, -0.25) is 5.32 Å². The molecule has 1 N–H and O–H groups in total. The van der Waals surface area contributed by atoms with Crippen LogP contribution in [0.4, 0.5) is 5.69 Å². The van der Waals surface area contributed by atoms with Gasteiger partial charge in [0.25, 0.3) is 0 Å². The van der Waals surface area contributed by atoms with Crippen molar-refractivity contribution >= 4 is 5.69 Å². The van der Waals surface area contributed by atoms with Gasteiger partial charge in [0.05, 0.1) is 6.07 Å². The zero-order chi connectivity index (χ0) is 15.7. The number of hydrogen-bond donors (Lipinski definition) is 1. The lowest BCUT2D eigenvalue weighted by Crippen LogP contribution is -2.47. The summed E-state index contributed by atoms with van der Waals surface area (Å²) in [6.07, 6.45) is 3.18. The summed E-state index contributed by atoms with van der Waals surface area (Å²) >= 11 is 0. The van der Waals surface area contributed by atoms with Crippen LogP contribution >= 0.6 is 0 Å². The van der Waals surface area contributed by atoms with Gasteiger partial charge in [-0.05, 0) is 45.7 Å². The molecule has 0 aromatic heterocycles. The van der Waals surface area contributed by atoms with Crippen molar-refractivity contribution in [1.82, 2.24) is 5.32 Å². The summed E-state index contributed by atoms with van der Waals surface area (Å²) in [5.74, 6) is 0. The number of anilines is 1. The van der Waals surface area contributed by atoms with Gasteiger partial charge in [0.15, 0.2) is 0 Å². The van der Waals surface area contributed by atoms with E-state index in [9.17, 15) is 5.26 Å². The number of nitriles is 1. The third-order valence-electron chi connectivity index (χ3n) is 3.64. The zero-order valence-corrected chi connectivity index (χ0v) is 13.9. The van der Waals surface area contributed by atoms with E-state index in [1.165, 1.54) is 18.5 Å². The Morgan fingerprint density at radius 1 is 1.24 bits per heavy atom. The Bertz CT molecular complexity index is 436. The van der Waals surface area contributed by atoms with Gasteiger partial charge < -0.3 is 4.90 Å². The van der Waals surface area contributed by atoms with Crippen LogP contribution < -0.4 is 10.2 Å². The van der Waals surface area contributed by atoms with Gasteiger partial charge in [0.2, 0.25) is 0 Å². The van der Waals surface area contributed by atoms with Crippen molar-refractivity contribution in [2.24, 2.45) is 0 Å². The lowest BCUT2D eigenvalue weighted by Gasteiger charge is -2.31. The van der Waals surface area contributed by atoms with Gasteiger partial charge in [-0.1, -0.05) is 31.5 Å². The van der Waals surface area contributed by atoms with Crippen LogP contribution in [0.5, 0.6) is 0 Å². The molecule has 0 saturated heterocycles. The van der Waals surface area contributed by atoms with Crippen LogP contribution in [0.15, 0.2) is 30.3 Å². The lowest BCUT2D eigenvalue weighted by molar-refractivity contribution is 0.382. The Kier molecular flexibility index (Phi) is 7.25. The van der Waals surface area contributed by atoms with E-state index in [1.807, 2.05) is 13.0 Å². The fourth-order valence-electron chi connectivity index (χ4n) is 2.51. The number of hydrogen-bond acceptors (Lipinski definition) is 3. The second kappa shape index (κ2) is 8.69. The minimum Gasteiger partial charge on any atom is -0.371 e. The van der Waals surface area contributed by atoms with Crippen molar-refractivity contribution in [3.05, 3.63) is 30.3 Å². The van der Waals surface area contributed by atoms with E-state index < -0.39 is 5.54 Å². The number of rotatable bonds is 9. The van der Waals surface area contributed by atoms with Crippen molar-refractivity contribution in [1.29, 1.82) is 5.26 Å². The lowest BCUT2D eigenvalue weighted by atomic mass is 9.98. The molecule has 0 aliphatic carbocycles. The fraction of sp³-hybridized carbons (Fsp3) is 0.611. The average Bonchev–Trinajstić information content (AvgIpc) is 2.47. The monoisotopic (exact) mass is 287 g/mol. The van der Waals surface area contributed by atoms with Crippen LogP contribution in [0.25, 0.3) is 0 Å². The second-order valence-electron chi connectivity index (χ2n) is 6.17. The summed E-state index contributed by atoms with van der Waals surface area (Å²) in [6, 6.07) is 13.2. The summed E-state index contributed by atoms with van der Waals surface area (Å²) in [4.78, 5) is 2.39. The predicted octanol–water partition coefficient (Wildman–Crippen LogP) is 3.96. The standard InChI is InChI=1S/C18H29N3/c1-5-6-13-21(17-10-8-7-9-11-17)14-12-18(4,15-19)20-16(2)3/h7-11,16,20H,5-6,12-14H2,1-4H3. The number of nitrogens with zero attached hydrogens (tertiary/aromatic N) is 2. The molecule has 0 spiro atoms. The highest BCUT2D eigenvalue weighted by Gasteiger charge is 2.25. The van der Waals surface area contributed by atoms with E-state index in [-0.39, 0.29) is 0 Å². The molecule has 3 heteroatoms. The van der Waals surface area contributed by atoms with E-state index in [2.05, 4.69) is 61.3 Å². The first kappa shape index (κ1) is 17.5. The van der Waals surface area contributed by atoms with Crippen LogP contribution in [0.3, 0.4) is 0 Å². The van der Waals surface area contributed by atoms with Crippen molar-refractivity contribution in [2.45, 2.75) is 58.5 Å². The zero-order valence-electron chi connectivity index (χ0n) is 13.9. The first-order valence-electron chi connectivity index (χ1n) is 7.99. The minimum absolute atomic E-state index is 0.315. The SMILES string of the molecule is CCCCN(CCC(C)(C#N)NC(C)C)c1ccccc1. The molecule has 1 unspecified atom stereocenters. The smallest absolute Gasteiger partial charge is 0.105 e. The molecule has 0 bridgehead atoms. The molecular formula is C18H29N3. The van der Waals surface area contributed by atoms with Gasteiger partial charge in [-0.2, -0.15) is 5.26 Å². The van der Waals surface area contributed by atoms with Crippen LogP contribution in [0.1, 0.15) is 47.0 Å². The maximum atomic E-state index is 9.46. The first-order chi connectivity index (χ1) is 10.0. The van der Waals surface area contributed by atoms with Gasteiger partial charge in [-0.15, -0.1) is 0 Å². The van der Waals surface area contributed by atoms with Crippen molar-refractivity contribution in [3.8, 4) is 6.07 Å². The summed E-state index contributed by atoms with van der Waals surface area (Å²) in [6.45, 7) is 10.3. The van der Waals surface area contributed by atoms with Crippen LogP contribution in [0, 0.1) is 11.3 Å². The summed E-state index contributed by atoms with van der Waals surface area (Å²) in [7, 11) is 0. The Morgan fingerprint density at radius 3 is 2.43 bits per heavy atom. The van der Waals surface area contributed by atoms with E-state index in [4.69, 9.17) is 0 Å². The molecule has 1 rings (SSSR count). The molecule has 0 aliphatic heterocycles. The van der Waals surface area contributed by atoms with Crippen LogP contribution in [-0.2, 0) is 0 Å². The molecule has 0 radical (unpaired) electrons. The number of unbranched alkanes of at least 4 members (excludes halogenated alkanes) is 1. The first-order valence-corrected chi connectivity index (χ1v) is 7.99. The second-order valence-corrected chi connectivity index (χ2v) is 6.17. The molecule has 21 heavy (non-hydrogen) atoms. The Morgan fingerprint density at radius 2 is 1.90 bits per heavy atom. The average molecular weight is 287 g/mol. The molecule has 1 aromatic rings. The number of nitrogens with one attached hydrogen (secondary N) is 1. The Hall–Kier alpha value is -1.53. The maximum absolute atomic E-state index is 9.46. The van der Waals surface area contributed by atoms with Crippen LogP contribution in [0.2, 0.25) is 0 Å². The quantitative estimate of drug-likeness (QED) is 0.747. The van der Waals surface area contributed by atoms with Gasteiger partial charge in [-0.25, -0.2) is 0 Å². The molecule has 0 heterocycles. The van der Waals surface area contributed by atoms with E-state index >= 15 is 0 Å². The summed E-state index contributed by atoms with van der Waals surface area (Å²) < 4.78 is 0. The minimum atomic E-state index is -0.465. The molecule has 3 nitrogen and oxygen atoms in total. The number of benzene rings is 1. The highest BCUT2D eigenvalue weighted by atomic mass is 15.1. The number of para-hydroxylation sites is 1. The molecule has 0 fully saturated rings. The highest BCUT2D eigenvalue weighted by molar-refractivity contribution is 5.45. The normalized spacial score (nSPS) is 13.7. The summed E-state index contributed by atoms with van der Waals surface area (Å²) in [5.41, 5.74) is 0.781. The van der Waals surface area contributed by atoms with E-state index in [0.717, 1.165) is 19.5 Å². The third-order valence-corrected chi connectivity index (χ3v) is 3.64. The van der Waals surface area contributed by atoms with Crippen molar-refractivity contribution in [2.75, 3.05) is 18.0 Å². The van der Waals surface area contributed by atoms with Crippen molar-refractivity contribution < 1.29 is 0 Å². The fourth-order valence-corrected chi connectivity index (χ4v) is 2.51. The molecule has 0 aliphatic rings. The molecule has 0 saturated carbocycles. The van der Waals surface area contributed by atoms with Gasteiger partial charge in [0, 0.05) is 24.8 Å². The maximum Gasteiger partial charge on any atom is 0.105 e. The van der Waals surface area contributed by atoms with E-state index in [0.29, 0.717) is 6.04 Å². The molecule has 1 atom stereocenters. The van der Waals surface area contributed by atoms with Gasteiger partial charge in [0.1, 0.15) is 5.54 Å². The predicted molar refractivity (Wildman–Crippen MR) is 90.5 cm³/mol. The van der Waals surface area contributed by atoms with Crippen LogP contribution in [-0.4, -0.2) is 24.7 Å². The molecule has 0 amide bonds. The highest BCUT2D eigenvalue weighted by Crippen LogP contribution is 2.18. The Labute approximate surface area is 130 Å². The third kappa shape index (κ3) is 6.18. The van der Waals surface area contributed by atoms with E-state index in [1.54, 1.807) is 0 Å². The van der Waals surface area contributed by atoms with Gasteiger partial charge >= 0.3 is 0 Å². The molecule has 116 valence electrons. The molecule has 1 aromatic carbocycles.